The van der Waals surface area contributed by atoms with Crippen molar-refractivity contribution in [3.05, 3.63) is 24.3 Å². The number of nitrogens with one attached hydrogen (secondary N) is 1. The van der Waals surface area contributed by atoms with Gasteiger partial charge in [0.2, 0.25) is 5.91 Å². The van der Waals surface area contributed by atoms with Crippen molar-refractivity contribution in [2.45, 2.75) is 347 Å². The van der Waals surface area contributed by atoms with Crippen LogP contribution >= 0.6 is 0 Å². The molecule has 2 atom stereocenters. The van der Waals surface area contributed by atoms with Crippen LogP contribution in [0.3, 0.4) is 0 Å². The molecule has 0 unspecified atom stereocenters. The number of aliphatic hydroxyl groups is 2. The molecule has 0 fully saturated rings. The van der Waals surface area contributed by atoms with Crippen LogP contribution in [0.5, 0.6) is 0 Å². The molecule has 0 spiro atoms. The second-order valence-electron chi connectivity index (χ2n) is 21.0. The lowest BCUT2D eigenvalue weighted by Crippen LogP contribution is -2.45. The number of ether oxygens (including phenoxy) is 1. The average Bonchev–Trinajstić information content (AvgIpc) is 3.34. The fourth-order valence-corrected chi connectivity index (χ4v) is 9.55. The molecule has 0 aliphatic carbocycles. The van der Waals surface area contributed by atoms with Gasteiger partial charge in [-0.2, -0.15) is 0 Å². The lowest BCUT2D eigenvalue weighted by Gasteiger charge is -2.22. The first-order chi connectivity index (χ1) is 33.5. The minimum Gasteiger partial charge on any atom is -0.466 e. The fraction of sp³-hybridized carbons (Fsp3) is 0.903. The molecule has 0 saturated carbocycles. The van der Waals surface area contributed by atoms with E-state index < -0.39 is 12.1 Å². The maximum Gasteiger partial charge on any atom is 0.305 e. The molecule has 6 heteroatoms. The number of allylic oxidation sites excluding steroid dienone is 4. The van der Waals surface area contributed by atoms with Gasteiger partial charge in [-0.15, -0.1) is 0 Å². The Labute approximate surface area is 424 Å². The predicted octanol–water partition coefficient (Wildman–Crippen LogP) is 19.0. The summed E-state index contributed by atoms with van der Waals surface area (Å²) in [5.74, 6) is -0.0329. The normalized spacial score (nSPS) is 12.7. The van der Waals surface area contributed by atoms with E-state index >= 15 is 0 Å². The average molecular weight is 959 g/mol. The van der Waals surface area contributed by atoms with Gasteiger partial charge in [0.15, 0.2) is 0 Å². The van der Waals surface area contributed by atoms with Crippen LogP contribution in [0, 0.1) is 0 Å². The molecule has 0 aromatic heterocycles. The standard InChI is InChI=1S/C62H119NO5/c1-3-5-7-9-11-13-15-17-27-32-36-40-44-48-52-56-62(67)68-57-53-49-45-41-37-33-29-26-24-22-20-18-19-21-23-25-28-31-35-39-43-47-51-55-61(66)63-59(58-64)60(65)54-50-46-42-38-34-30-16-14-12-10-8-6-4-2/h11,13,17,27,59-60,64-65H,3-10,12,14-16,18-26,28-58H2,1-2H3,(H,63,66)/b13-11-,27-17-/t59-,60+/m0/s1. The van der Waals surface area contributed by atoms with E-state index in [9.17, 15) is 19.8 Å². The molecule has 0 saturated heterocycles. The zero-order chi connectivity index (χ0) is 49.3. The number of unbranched alkanes of at least 4 members (excludes halogenated alkanes) is 42. The molecule has 6 nitrogen and oxygen atoms in total. The highest BCUT2D eigenvalue weighted by Gasteiger charge is 2.20. The Morgan fingerprint density at radius 3 is 1.15 bits per heavy atom. The van der Waals surface area contributed by atoms with Crippen molar-refractivity contribution >= 4 is 11.9 Å². The Hall–Kier alpha value is -1.66. The van der Waals surface area contributed by atoms with E-state index in [1.165, 1.54) is 250 Å². The van der Waals surface area contributed by atoms with E-state index in [2.05, 4.69) is 43.5 Å². The van der Waals surface area contributed by atoms with Crippen LogP contribution in [-0.4, -0.2) is 47.4 Å². The largest absolute Gasteiger partial charge is 0.466 e. The fourth-order valence-electron chi connectivity index (χ4n) is 9.55. The maximum absolute atomic E-state index is 12.5. The molecule has 0 aromatic rings. The minimum atomic E-state index is -0.663. The quantitative estimate of drug-likeness (QED) is 0.0321. The van der Waals surface area contributed by atoms with Crippen molar-refractivity contribution < 1.29 is 24.5 Å². The van der Waals surface area contributed by atoms with E-state index in [4.69, 9.17) is 4.74 Å². The summed E-state index contributed by atoms with van der Waals surface area (Å²) in [5, 5.41) is 23.2. The summed E-state index contributed by atoms with van der Waals surface area (Å²) >= 11 is 0. The Morgan fingerprint density at radius 2 is 0.735 bits per heavy atom. The second kappa shape index (κ2) is 57.9. The van der Waals surface area contributed by atoms with Gasteiger partial charge in [-0.3, -0.25) is 9.59 Å². The van der Waals surface area contributed by atoms with Crippen LogP contribution in [0.15, 0.2) is 24.3 Å². The molecular formula is C62H119NO5. The number of esters is 1. The van der Waals surface area contributed by atoms with E-state index in [-0.39, 0.29) is 18.5 Å². The third kappa shape index (κ3) is 53.7. The van der Waals surface area contributed by atoms with E-state index in [0.29, 0.717) is 25.9 Å². The molecule has 0 bridgehead atoms. The second-order valence-corrected chi connectivity index (χ2v) is 21.0. The van der Waals surface area contributed by atoms with Crippen molar-refractivity contribution in [2.24, 2.45) is 0 Å². The summed E-state index contributed by atoms with van der Waals surface area (Å²) in [6.45, 7) is 4.93. The van der Waals surface area contributed by atoms with Crippen LogP contribution in [0.1, 0.15) is 335 Å². The third-order valence-corrected chi connectivity index (χ3v) is 14.3. The van der Waals surface area contributed by atoms with Crippen LogP contribution < -0.4 is 5.32 Å². The number of carbonyl (C=O) groups is 2. The van der Waals surface area contributed by atoms with E-state index in [1.807, 2.05) is 0 Å². The Balaban J connectivity index is 3.36. The molecule has 0 aliphatic heterocycles. The summed E-state index contributed by atoms with van der Waals surface area (Å²) in [6.07, 6.45) is 70.4. The van der Waals surface area contributed by atoms with Crippen molar-refractivity contribution in [2.75, 3.05) is 13.2 Å². The molecular weight excluding hydrogens is 839 g/mol. The topological polar surface area (TPSA) is 95.9 Å². The molecule has 3 N–H and O–H groups in total. The molecule has 402 valence electrons. The van der Waals surface area contributed by atoms with Gasteiger partial charge in [-0.1, -0.05) is 289 Å². The highest BCUT2D eigenvalue weighted by molar-refractivity contribution is 5.76. The number of amides is 1. The van der Waals surface area contributed by atoms with Crippen LogP contribution in [0.4, 0.5) is 0 Å². The predicted molar refractivity (Wildman–Crippen MR) is 296 cm³/mol. The van der Waals surface area contributed by atoms with Gasteiger partial charge >= 0.3 is 5.97 Å². The highest BCUT2D eigenvalue weighted by Crippen LogP contribution is 2.18. The Kier molecular flexibility index (Phi) is 56.5. The molecule has 0 heterocycles. The van der Waals surface area contributed by atoms with Crippen LogP contribution in [0.2, 0.25) is 0 Å². The highest BCUT2D eigenvalue weighted by atomic mass is 16.5. The van der Waals surface area contributed by atoms with Gasteiger partial charge in [-0.05, 0) is 57.8 Å². The molecule has 1 amide bonds. The number of hydrogen-bond donors (Lipinski definition) is 3. The maximum atomic E-state index is 12.5. The van der Waals surface area contributed by atoms with Gasteiger partial charge < -0.3 is 20.3 Å². The molecule has 0 aromatic carbocycles. The van der Waals surface area contributed by atoms with Gasteiger partial charge in [0.05, 0.1) is 25.4 Å². The lowest BCUT2D eigenvalue weighted by molar-refractivity contribution is -0.143. The summed E-state index contributed by atoms with van der Waals surface area (Å²) in [6, 6.07) is -0.540. The molecule has 0 rings (SSSR count). The zero-order valence-electron chi connectivity index (χ0n) is 45.9. The summed E-state index contributed by atoms with van der Waals surface area (Å²) in [5.41, 5.74) is 0. The molecule has 0 aliphatic rings. The van der Waals surface area contributed by atoms with Gasteiger partial charge in [0.25, 0.3) is 0 Å². The van der Waals surface area contributed by atoms with Crippen LogP contribution in [-0.2, 0) is 14.3 Å². The number of carbonyl (C=O) groups excluding carboxylic acids is 2. The minimum absolute atomic E-state index is 0.000663. The summed E-state index contributed by atoms with van der Waals surface area (Å²) in [7, 11) is 0. The number of aliphatic hydroxyl groups excluding tert-OH is 2. The van der Waals surface area contributed by atoms with Crippen LogP contribution in [0.25, 0.3) is 0 Å². The van der Waals surface area contributed by atoms with Crippen molar-refractivity contribution in [3.8, 4) is 0 Å². The number of hydrogen-bond acceptors (Lipinski definition) is 5. The van der Waals surface area contributed by atoms with Gasteiger partial charge in [-0.25, -0.2) is 0 Å². The molecule has 68 heavy (non-hydrogen) atoms. The monoisotopic (exact) mass is 958 g/mol. The Bertz CT molecular complexity index is 1060. The van der Waals surface area contributed by atoms with E-state index in [0.717, 1.165) is 51.4 Å². The summed E-state index contributed by atoms with van der Waals surface area (Å²) < 4.78 is 5.48. The third-order valence-electron chi connectivity index (χ3n) is 14.3. The van der Waals surface area contributed by atoms with E-state index in [1.54, 1.807) is 0 Å². The first-order valence-corrected chi connectivity index (χ1v) is 30.6. The first-order valence-electron chi connectivity index (χ1n) is 30.6. The Morgan fingerprint density at radius 1 is 0.412 bits per heavy atom. The first kappa shape index (κ1) is 66.3. The van der Waals surface area contributed by atoms with Crippen molar-refractivity contribution in [1.82, 2.24) is 5.32 Å². The lowest BCUT2D eigenvalue weighted by atomic mass is 10.0. The van der Waals surface area contributed by atoms with Gasteiger partial charge in [0.1, 0.15) is 0 Å². The van der Waals surface area contributed by atoms with Gasteiger partial charge in [0, 0.05) is 12.8 Å². The zero-order valence-corrected chi connectivity index (χ0v) is 45.9. The van der Waals surface area contributed by atoms with Crippen molar-refractivity contribution in [1.29, 1.82) is 0 Å². The van der Waals surface area contributed by atoms with Crippen molar-refractivity contribution in [3.63, 3.8) is 0 Å². The number of rotatable bonds is 57. The summed E-state index contributed by atoms with van der Waals surface area (Å²) in [4.78, 5) is 24.5. The molecule has 0 radical (unpaired) electrons. The SMILES string of the molecule is CCCCC/C=C\C/C=C\CCCCCCCC(=O)OCCCCCCCCCCCCCCCCCCCCCCCCCC(=O)N[C@@H](CO)[C@H](O)CCCCCCCCCCCCCCC. The smallest absolute Gasteiger partial charge is 0.305 e.